The van der Waals surface area contributed by atoms with E-state index < -0.39 is 0 Å². The molecule has 0 fully saturated rings. The summed E-state index contributed by atoms with van der Waals surface area (Å²) in [6.07, 6.45) is 3.80. The van der Waals surface area contributed by atoms with E-state index >= 15 is 0 Å². The van der Waals surface area contributed by atoms with Gasteiger partial charge in [0.1, 0.15) is 5.82 Å². The van der Waals surface area contributed by atoms with Crippen LogP contribution in [0, 0.1) is 5.41 Å². The first kappa shape index (κ1) is 13.6. The summed E-state index contributed by atoms with van der Waals surface area (Å²) in [5.41, 5.74) is 0.232. The Labute approximate surface area is 107 Å². The third-order valence-corrected chi connectivity index (χ3v) is 2.95. The molecule has 0 saturated carbocycles. The number of alkyl halides is 1. The second kappa shape index (κ2) is 6.31. The zero-order chi connectivity index (χ0) is 12.0. The predicted octanol–water partition coefficient (Wildman–Crippen LogP) is 4.19. The number of anilines is 1. The van der Waals surface area contributed by atoms with Crippen LogP contribution < -0.4 is 5.32 Å². The minimum Gasteiger partial charge on any atom is -0.370 e. The molecule has 0 aliphatic carbocycles. The number of rotatable bonds is 6. The Kier molecular flexibility index (Phi) is 5.36. The highest BCUT2D eigenvalue weighted by molar-refractivity contribution is 6.30. The maximum absolute atomic E-state index is 5.77. The number of pyridine rings is 1. The largest absolute Gasteiger partial charge is 0.370 e. The number of hydrogen-bond acceptors (Lipinski definition) is 2. The molecule has 0 aliphatic rings. The molecule has 0 unspecified atom stereocenters. The summed E-state index contributed by atoms with van der Waals surface area (Å²) in [5, 5.41) is 3.97. The van der Waals surface area contributed by atoms with E-state index in [4.69, 9.17) is 23.2 Å². The van der Waals surface area contributed by atoms with E-state index in [0.717, 1.165) is 31.1 Å². The summed E-state index contributed by atoms with van der Waals surface area (Å²) in [6.45, 7) is 5.34. The summed E-state index contributed by atoms with van der Waals surface area (Å²) in [6, 6.07) is 3.72. The highest BCUT2D eigenvalue weighted by Crippen LogP contribution is 2.23. The lowest BCUT2D eigenvalue weighted by Gasteiger charge is -2.24. The first-order chi connectivity index (χ1) is 7.53. The minimum atomic E-state index is 0.232. The molecule has 2 nitrogen and oxygen atoms in total. The normalized spacial score (nSPS) is 11.5. The van der Waals surface area contributed by atoms with E-state index in [0.29, 0.717) is 5.02 Å². The molecular formula is C12H18Cl2N2. The third-order valence-electron chi connectivity index (χ3n) is 2.46. The van der Waals surface area contributed by atoms with Crippen molar-refractivity contribution in [2.45, 2.75) is 26.7 Å². The summed E-state index contributed by atoms with van der Waals surface area (Å²) < 4.78 is 0. The van der Waals surface area contributed by atoms with E-state index in [9.17, 15) is 0 Å². The molecule has 0 saturated heterocycles. The molecule has 0 aliphatic heterocycles. The molecule has 1 aromatic heterocycles. The monoisotopic (exact) mass is 260 g/mol. The van der Waals surface area contributed by atoms with Gasteiger partial charge in [-0.15, -0.1) is 11.6 Å². The summed E-state index contributed by atoms with van der Waals surface area (Å²) in [4.78, 5) is 4.19. The molecule has 0 radical (unpaired) electrons. The van der Waals surface area contributed by atoms with Crippen LogP contribution >= 0.6 is 23.2 Å². The van der Waals surface area contributed by atoms with Crippen LogP contribution in [-0.4, -0.2) is 17.4 Å². The topological polar surface area (TPSA) is 24.9 Å². The van der Waals surface area contributed by atoms with Crippen LogP contribution in [0.5, 0.6) is 0 Å². The molecular weight excluding hydrogens is 243 g/mol. The standard InChI is InChI=1S/C12H18Cl2N2/c1-12(2,6-3-7-13)9-16-11-5-4-10(14)8-15-11/h4-5,8H,3,6-7,9H2,1-2H3,(H,15,16). The van der Waals surface area contributed by atoms with Crippen LogP contribution in [0.3, 0.4) is 0 Å². The van der Waals surface area contributed by atoms with Gasteiger partial charge in [0.15, 0.2) is 0 Å². The van der Waals surface area contributed by atoms with Crippen LogP contribution in [0.1, 0.15) is 26.7 Å². The Morgan fingerprint density at radius 2 is 2.12 bits per heavy atom. The molecule has 1 heterocycles. The SMILES string of the molecule is CC(C)(CCCCl)CNc1ccc(Cl)cn1. The number of halogens is 2. The van der Waals surface area contributed by atoms with E-state index in [1.807, 2.05) is 12.1 Å². The third kappa shape index (κ3) is 5.04. The summed E-state index contributed by atoms with van der Waals surface area (Å²) >= 11 is 11.5. The van der Waals surface area contributed by atoms with Gasteiger partial charge in [-0.1, -0.05) is 25.4 Å². The fraction of sp³-hybridized carbons (Fsp3) is 0.583. The zero-order valence-corrected chi connectivity index (χ0v) is 11.3. The fourth-order valence-electron chi connectivity index (χ4n) is 1.44. The first-order valence-corrected chi connectivity index (χ1v) is 6.36. The molecule has 90 valence electrons. The van der Waals surface area contributed by atoms with Crippen LogP contribution in [-0.2, 0) is 0 Å². The quantitative estimate of drug-likeness (QED) is 0.776. The number of nitrogens with zero attached hydrogens (tertiary/aromatic N) is 1. The van der Waals surface area contributed by atoms with Gasteiger partial charge in [-0.25, -0.2) is 4.98 Å². The Balaban J connectivity index is 2.41. The van der Waals surface area contributed by atoms with Crippen LogP contribution in [0.2, 0.25) is 5.02 Å². The zero-order valence-electron chi connectivity index (χ0n) is 9.76. The molecule has 0 aromatic carbocycles. The van der Waals surface area contributed by atoms with Gasteiger partial charge in [-0.3, -0.25) is 0 Å². The van der Waals surface area contributed by atoms with E-state index in [1.165, 1.54) is 0 Å². The van der Waals surface area contributed by atoms with Crippen molar-refractivity contribution in [3.05, 3.63) is 23.4 Å². The van der Waals surface area contributed by atoms with Crippen LogP contribution in [0.15, 0.2) is 18.3 Å². The lowest BCUT2D eigenvalue weighted by Crippen LogP contribution is -2.23. The first-order valence-electron chi connectivity index (χ1n) is 5.45. The van der Waals surface area contributed by atoms with Crippen molar-refractivity contribution < 1.29 is 0 Å². The Morgan fingerprint density at radius 1 is 1.38 bits per heavy atom. The number of nitrogens with one attached hydrogen (secondary N) is 1. The predicted molar refractivity (Wildman–Crippen MR) is 71.5 cm³/mol. The lowest BCUT2D eigenvalue weighted by molar-refractivity contribution is 0.355. The number of hydrogen-bond donors (Lipinski definition) is 1. The lowest BCUT2D eigenvalue weighted by atomic mass is 9.88. The Bertz CT molecular complexity index is 309. The van der Waals surface area contributed by atoms with Crippen molar-refractivity contribution in [3.63, 3.8) is 0 Å². The van der Waals surface area contributed by atoms with Gasteiger partial charge in [0.05, 0.1) is 5.02 Å². The van der Waals surface area contributed by atoms with Gasteiger partial charge >= 0.3 is 0 Å². The summed E-state index contributed by atoms with van der Waals surface area (Å²) in [5.74, 6) is 1.59. The van der Waals surface area contributed by atoms with Crippen molar-refractivity contribution in [3.8, 4) is 0 Å². The van der Waals surface area contributed by atoms with E-state index in [2.05, 4.69) is 24.1 Å². The maximum Gasteiger partial charge on any atom is 0.126 e. The van der Waals surface area contributed by atoms with Crippen molar-refractivity contribution in [2.24, 2.45) is 5.41 Å². The summed E-state index contributed by atoms with van der Waals surface area (Å²) in [7, 11) is 0. The molecule has 1 rings (SSSR count). The molecule has 16 heavy (non-hydrogen) atoms. The van der Waals surface area contributed by atoms with Gasteiger partial charge in [-0.05, 0) is 30.4 Å². The van der Waals surface area contributed by atoms with Gasteiger partial charge < -0.3 is 5.32 Å². The molecule has 1 aromatic rings. The smallest absolute Gasteiger partial charge is 0.126 e. The highest BCUT2D eigenvalue weighted by Gasteiger charge is 2.16. The fourth-order valence-corrected chi connectivity index (χ4v) is 1.69. The van der Waals surface area contributed by atoms with Gasteiger partial charge in [0.2, 0.25) is 0 Å². The minimum absolute atomic E-state index is 0.232. The second-order valence-corrected chi connectivity index (χ2v) is 5.49. The molecule has 1 N–H and O–H groups in total. The van der Waals surface area contributed by atoms with E-state index in [-0.39, 0.29) is 5.41 Å². The molecule has 4 heteroatoms. The van der Waals surface area contributed by atoms with Gasteiger partial charge in [0, 0.05) is 18.6 Å². The van der Waals surface area contributed by atoms with Gasteiger partial charge in [-0.2, -0.15) is 0 Å². The Morgan fingerprint density at radius 3 is 2.69 bits per heavy atom. The molecule has 0 atom stereocenters. The van der Waals surface area contributed by atoms with Gasteiger partial charge in [0.25, 0.3) is 0 Å². The van der Waals surface area contributed by atoms with Crippen molar-refractivity contribution in [1.82, 2.24) is 4.98 Å². The van der Waals surface area contributed by atoms with Crippen molar-refractivity contribution >= 4 is 29.0 Å². The molecule has 0 amide bonds. The number of aromatic nitrogens is 1. The Hall–Kier alpha value is -0.470. The maximum atomic E-state index is 5.77. The average molecular weight is 261 g/mol. The van der Waals surface area contributed by atoms with Crippen LogP contribution in [0.4, 0.5) is 5.82 Å². The van der Waals surface area contributed by atoms with E-state index in [1.54, 1.807) is 6.20 Å². The second-order valence-electron chi connectivity index (χ2n) is 4.67. The van der Waals surface area contributed by atoms with Crippen molar-refractivity contribution in [2.75, 3.05) is 17.7 Å². The average Bonchev–Trinajstić information content (AvgIpc) is 2.26. The highest BCUT2D eigenvalue weighted by atomic mass is 35.5. The van der Waals surface area contributed by atoms with Crippen molar-refractivity contribution in [1.29, 1.82) is 0 Å². The van der Waals surface area contributed by atoms with Crippen LogP contribution in [0.25, 0.3) is 0 Å². The molecule has 0 bridgehead atoms. The molecule has 0 spiro atoms.